The highest BCUT2D eigenvalue weighted by molar-refractivity contribution is 14.1. The van der Waals surface area contributed by atoms with Gasteiger partial charge in [-0.1, -0.05) is 31.9 Å². The Hall–Kier alpha value is -1.98. The number of Topliss-reactive ketones (excluding diaryl/α,β-unsaturated/α-hetero) is 1. The predicted octanol–water partition coefficient (Wildman–Crippen LogP) is 1.96. The molecule has 2 aliphatic carbocycles. The largest absolute Gasteiger partial charge is 0.482 e. The molecule has 180 valence electrons. The molecule has 0 bridgehead atoms. The summed E-state index contributed by atoms with van der Waals surface area (Å²) in [5, 5.41) is 23.1. The van der Waals surface area contributed by atoms with Crippen molar-refractivity contribution in [3.8, 4) is 5.75 Å². The van der Waals surface area contributed by atoms with Crippen LogP contribution in [0.3, 0.4) is 0 Å². The molecule has 0 unspecified atom stereocenters. The first-order chi connectivity index (χ1) is 15.9. The summed E-state index contributed by atoms with van der Waals surface area (Å²) in [6.07, 6.45) is 3.14. The molecular formula is C24H31IN2O6. The van der Waals surface area contributed by atoms with Gasteiger partial charge in [-0.25, -0.2) is 0 Å². The van der Waals surface area contributed by atoms with Gasteiger partial charge in [-0.05, 0) is 53.6 Å². The van der Waals surface area contributed by atoms with E-state index >= 15 is 0 Å². The van der Waals surface area contributed by atoms with E-state index in [-0.39, 0.29) is 32.0 Å². The third-order valence-corrected chi connectivity index (χ3v) is 7.07. The maximum atomic E-state index is 13.1. The lowest BCUT2D eigenvalue weighted by Crippen LogP contribution is -2.59. The Morgan fingerprint density at radius 2 is 1.91 bits per heavy atom. The van der Waals surface area contributed by atoms with Crippen molar-refractivity contribution in [1.82, 2.24) is 10.2 Å². The fourth-order valence-electron chi connectivity index (χ4n) is 4.50. The first-order valence-corrected chi connectivity index (χ1v) is 12.5. The zero-order valence-corrected chi connectivity index (χ0v) is 20.9. The molecule has 0 saturated heterocycles. The minimum atomic E-state index is -1.12. The van der Waals surface area contributed by atoms with Gasteiger partial charge in [0.2, 0.25) is 11.7 Å². The number of halogens is 1. The number of rotatable bonds is 9. The highest BCUT2D eigenvalue weighted by Crippen LogP contribution is 2.34. The summed E-state index contributed by atoms with van der Waals surface area (Å²) in [5.41, 5.74) is 0.356. The summed E-state index contributed by atoms with van der Waals surface area (Å²) >= 11 is 2.13. The van der Waals surface area contributed by atoms with Gasteiger partial charge in [0, 0.05) is 31.0 Å². The van der Waals surface area contributed by atoms with Crippen molar-refractivity contribution in [2.75, 3.05) is 13.2 Å². The summed E-state index contributed by atoms with van der Waals surface area (Å²) < 4.78 is 6.95. The van der Waals surface area contributed by atoms with Crippen molar-refractivity contribution in [2.45, 2.75) is 69.7 Å². The second-order valence-corrected chi connectivity index (χ2v) is 9.54. The van der Waals surface area contributed by atoms with E-state index in [1.807, 2.05) is 18.2 Å². The van der Waals surface area contributed by atoms with Crippen LogP contribution in [0.5, 0.6) is 5.75 Å². The fraction of sp³-hybridized carbons (Fsp3) is 0.542. The lowest BCUT2D eigenvalue weighted by atomic mass is 9.87. The van der Waals surface area contributed by atoms with Gasteiger partial charge in [0.1, 0.15) is 18.0 Å². The fourth-order valence-corrected chi connectivity index (χ4v) is 5.01. The van der Waals surface area contributed by atoms with Crippen molar-refractivity contribution in [1.29, 1.82) is 0 Å². The van der Waals surface area contributed by atoms with E-state index in [0.717, 1.165) is 29.3 Å². The van der Waals surface area contributed by atoms with Crippen molar-refractivity contribution in [2.24, 2.45) is 0 Å². The number of nitrogens with one attached hydrogen (secondary N) is 1. The zero-order chi connectivity index (χ0) is 24.0. The minimum Gasteiger partial charge on any atom is -0.482 e. The quantitative estimate of drug-likeness (QED) is 0.309. The van der Waals surface area contributed by atoms with Gasteiger partial charge in [0.05, 0.1) is 16.2 Å². The number of carbonyl (C=O) groups is 3. The average Bonchev–Trinajstić information content (AvgIpc) is 3.34. The number of benzene rings is 1. The number of aliphatic hydroxyl groups is 2. The van der Waals surface area contributed by atoms with E-state index < -0.39 is 35.8 Å². The Balaban J connectivity index is 1.97. The van der Waals surface area contributed by atoms with Crippen LogP contribution in [0.4, 0.5) is 0 Å². The Labute approximate surface area is 207 Å². The van der Waals surface area contributed by atoms with Crippen molar-refractivity contribution in [3.05, 3.63) is 39.5 Å². The second-order valence-electron chi connectivity index (χ2n) is 8.37. The van der Waals surface area contributed by atoms with Crippen LogP contribution in [-0.4, -0.2) is 70.2 Å². The van der Waals surface area contributed by atoms with Crippen LogP contribution in [0.2, 0.25) is 0 Å². The van der Waals surface area contributed by atoms with Gasteiger partial charge in [0.15, 0.2) is 0 Å². The normalized spacial score (nSPS) is 23.0. The number of hydrogen-bond donors (Lipinski definition) is 3. The SMILES string of the molecule is CCC(=O)C(=O)N(C1CCCC1)[C@@H]1CC(C(=O)NCCO)=C[C@H](Oc2ccccc2I)[C@H]1O. The number of amides is 2. The number of hydrogen-bond acceptors (Lipinski definition) is 6. The molecule has 8 nitrogen and oxygen atoms in total. The van der Waals surface area contributed by atoms with Crippen molar-refractivity contribution >= 4 is 40.2 Å². The molecule has 0 heterocycles. The first-order valence-electron chi connectivity index (χ1n) is 11.4. The molecule has 33 heavy (non-hydrogen) atoms. The molecule has 1 aromatic carbocycles. The number of ether oxygens (including phenoxy) is 1. The van der Waals surface area contributed by atoms with E-state index in [1.54, 1.807) is 19.1 Å². The van der Waals surface area contributed by atoms with Crippen LogP contribution in [0.25, 0.3) is 0 Å². The molecule has 0 aliphatic heterocycles. The molecule has 1 aromatic rings. The molecule has 0 radical (unpaired) electrons. The highest BCUT2D eigenvalue weighted by Gasteiger charge is 2.44. The molecular weight excluding hydrogens is 539 g/mol. The maximum Gasteiger partial charge on any atom is 0.290 e. The number of nitrogens with zero attached hydrogens (tertiary/aromatic N) is 1. The molecule has 0 spiro atoms. The molecule has 3 N–H and O–H groups in total. The molecule has 3 rings (SSSR count). The lowest BCUT2D eigenvalue weighted by molar-refractivity contribution is -0.151. The van der Waals surface area contributed by atoms with Gasteiger partial charge in [-0.15, -0.1) is 0 Å². The molecule has 2 aliphatic rings. The van der Waals surface area contributed by atoms with E-state index in [0.29, 0.717) is 11.3 Å². The monoisotopic (exact) mass is 570 g/mol. The Morgan fingerprint density at radius 3 is 2.55 bits per heavy atom. The van der Waals surface area contributed by atoms with E-state index in [4.69, 9.17) is 9.84 Å². The summed E-state index contributed by atoms with van der Waals surface area (Å²) in [5.74, 6) is -0.959. The Kier molecular flexibility index (Phi) is 9.27. The van der Waals surface area contributed by atoms with E-state index in [1.165, 1.54) is 4.90 Å². The van der Waals surface area contributed by atoms with Crippen LogP contribution in [0.15, 0.2) is 35.9 Å². The first kappa shape index (κ1) is 25.6. The Bertz CT molecular complexity index is 899. The van der Waals surface area contributed by atoms with Crippen LogP contribution in [0, 0.1) is 3.57 Å². The summed E-state index contributed by atoms with van der Waals surface area (Å²) in [4.78, 5) is 39.8. The lowest BCUT2D eigenvalue weighted by Gasteiger charge is -2.43. The van der Waals surface area contributed by atoms with Crippen LogP contribution < -0.4 is 10.1 Å². The zero-order valence-electron chi connectivity index (χ0n) is 18.7. The number of carbonyl (C=O) groups excluding carboxylic acids is 3. The van der Waals surface area contributed by atoms with E-state index in [9.17, 15) is 19.5 Å². The van der Waals surface area contributed by atoms with Crippen LogP contribution >= 0.6 is 22.6 Å². The summed E-state index contributed by atoms with van der Waals surface area (Å²) in [7, 11) is 0. The van der Waals surface area contributed by atoms with Gasteiger partial charge >= 0.3 is 0 Å². The average molecular weight is 570 g/mol. The van der Waals surface area contributed by atoms with Gasteiger partial charge in [0.25, 0.3) is 5.91 Å². The summed E-state index contributed by atoms with van der Waals surface area (Å²) in [6.45, 7) is 1.53. The predicted molar refractivity (Wildman–Crippen MR) is 131 cm³/mol. The van der Waals surface area contributed by atoms with E-state index in [2.05, 4.69) is 27.9 Å². The molecule has 3 atom stereocenters. The van der Waals surface area contributed by atoms with Crippen molar-refractivity contribution < 1.29 is 29.3 Å². The van der Waals surface area contributed by atoms with Gasteiger partial charge < -0.3 is 25.2 Å². The molecule has 1 saturated carbocycles. The third kappa shape index (κ3) is 6.13. The Morgan fingerprint density at radius 1 is 1.21 bits per heavy atom. The number of ketones is 1. The van der Waals surface area contributed by atoms with Gasteiger partial charge in [-0.3, -0.25) is 14.4 Å². The highest BCUT2D eigenvalue weighted by atomic mass is 127. The summed E-state index contributed by atoms with van der Waals surface area (Å²) in [6, 6.07) is 6.40. The molecule has 0 aromatic heterocycles. The smallest absolute Gasteiger partial charge is 0.290 e. The van der Waals surface area contributed by atoms with Crippen molar-refractivity contribution in [3.63, 3.8) is 0 Å². The standard InChI is InChI=1S/C24H31IN2O6/c1-2-19(29)24(32)27(16-7-3-4-8-16)18-13-15(23(31)26-11-12-28)14-21(22(18)30)33-20-10-6-5-9-17(20)25/h5-6,9-10,14,16,18,21-22,28,30H,2-4,7-8,11-13H2,1H3,(H,26,31)/t18-,21+,22+/m1/s1. The number of para-hydroxylation sites is 1. The minimum absolute atomic E-state index is 0.0761. The van der Waals surface area contributed by atoms with Gasteiger partial charge in [-0.2, -0.15) is 0 Å². The third-order valence-electron chi connectivity index (χ3n) is 6.18. The van der Waals surface area contributed by atoms with Crippen LogP contribution in [-0.2, 0) is 14.4 Å². The molecule has 2 amide bonds. The molecule has 1 fully saturated rings. The second kappa shape index (κ2) is 11.9. The van der Waals surface area contributed by atoms with Crippen LogP contribution in [0.1, 0.15) is 45.4 Å². The number of aliphatic hydroxyl groups excluding tert-OH is 2. The molecule has 9 heteroatoms. The topological polar surface area (TPSA) is 116 Å². The maximum absolute atomic E-state index is 13.1.